The number of benzene rings is 1. The van der Waals surface area contributed by atoms with Gasteiger partial charge in [0.25, 0.3) is 0 Å². The Labute approximate surface area is 187 Å². The maximum Gasteiger partial charge on any atom is 0.232 e. The summed E-state index contributed by atoms with van der Waals surface area (Å²) in [6.07, 6.45) is 7.53. The van der Waals surface area contributed by atoms with Gasteiger partial charge in [0.1, 0.15) is 12.1 Å². The second-order valence-corrected chi connectivity index (χ2v) is 8.83. The molecule has 1 fully saturated rings. The normalized spacial score (nSPS) is 16.3. The summed E-state index contributed by atoms with van der Waals surface area (Å²) in [5.74, 6) is 0.195. The maximum atomic E-state index is 14.4. The summed E-state index contributed by atoms with van der Waals surface area (Å²) >= 11 is 0. The highest BCUT2D eigenvalue weighted by Gasteiger charge is 2.39. The number of anilines is 1. The Morgan fingerprint density at radius 2 is 1.88 bits per heavy atom. The van der Waals surface area contributed by atoms with Crippen LogP contribution in [0.3, 0.4) is 0 Å². The van der Waals surface area contributed by atoms with E-state index in [2.05, 4.69) is 15.0 Å². The predicted molar refractivity (Wildman–Crippen MR) is 121 cm³/mol. The minimum absolute atomic E-state index is 0.0345. The molecule has 4 rings (SSSR count). The second kappa shape index (κ2) is 8.61. The fourth-order valence-corrected chi connectivity index (χ4v) is 4.22. The van der Waals surface area contributed by atoms with Gasteiger partial charge in [-0.05, 0) is 26.3 Å². The Morgan fingerprint density at radius 3 is 2.56 bits per heavy atom. The minimum Gasteiger partial charge on any atom is -0.347 e. The van der Waals surface area contributed by atoms with Crippen molar-refractivity contribution in [2.45, 2.75) is 31.6 Å². The molecule has 1 aliphatic heterocycles. The number of hydrogen-bond acceptors (Lipinski definition) is 6. The van der Waals surface area contributed by atoms with Crippen molar-refractivity contribution in [3.63, 3.8) is 0 Å². The highest BCUT2D eigenvalue weighted by molar-refractivity contribution is 5.87. The molecule has 1 aliphatic rings. The summed E-state index contributed by atoms with van der Waals surface area (Å²) in [6.45, 7) is 4.67. The average molecular weight is 435 g/mol. The van der Waals surface area contributed by atoms with Crippen LogP contribution in [0, 0.1) is 5.82 Å². The molecule has 1 aromatic carbocycles. The third-order valence-corrected chi connectivity index (χ3v) is 6.02. The molecule has 0 bridgehead atoms. The summed E-state index contributed by atoms with van der Waals surface area (Å²) in [7, 11) is 3.79. The lowest BCUT2D eigenvalue weighted by Gasteiger charge is -2.30. The van der Waals surface area contributed by atoms with Crippen LogP contribution in [0.25, 0.3) is 11.1 Å². The number of nitrogens with zero attached hydrogens (tertiary/aromatic N) is 6. The zero-order valence-corrected chi connectivity index (χ0v) is 18.8. The molecule has 1 amide bonds. The van der Waals surface area contributed by atoms with Gasteiger partial charge in [-0.2, -0.15) is 0 Å². The first-order valence-electron chi connectivity index (χ1n) is 10.6. The lowest BCUT2D eigenvalue weighted by Crippen LogP contribution is -2.42. The van der Waals surface area contributed by atoms with E-state index in [0.717, 1.165) is 23.2 Å². The van der Waals surface area contributed by atoms with Gasteiger partial charge in [0, 0.05) is 68.4 Å². The van der Waals surface area contributed by atoms with E-state index in [4.69, 9.17) is 4.98 Å². The zero-order chi connectivity index (χ0) is 22.9. The van der Waals surface area contributed by atoms with Gasteiger partial charge in [0.2, 0.25) is 11.9 Å². The van der Waals surface area contributed by atoms with E-state index in [0.29, 0.717) is 24.6 Å². The van der Waals surface area contributed by atoms with Crippen molar-refractivity contribution in [3.05, 3.63) is 66.3 Å². The van der Waals surface area contributed by atoms with Crippen LogP contribution in [-0.2, 0) is 10.2 Å². The highest BCUT2D eigenvalue weighted by Crippen LogP contribution is 2.36. The maximum absolute atomic E-state index is 14.4. The minimum atomic E-state index is -0.962. The molecule has 1 saturated heterocycles. The summed E-state index contributed by atoms with van der Waals surface area (Å²) in [4.78, 5) is 34.6. The Balaban J connectivity index is 1.64. The fraction of sp³-hybridized carbons (Fsp3) is 0.375. The quantitative estimate of drug-likeness (QED) is 0.613. The molecular weight excluding hydrogens is 407 g/mol. The second-order valence-electron chi connectivity index (χ2n) is 8.83. The smallest absolute Gasteiger partial charge is 0.232 e. The molecule has 7 nitrogen and oxygen atoms in total. The Morgan fingerprint density at radius 1 is 1.16 bits per heavy atom. The third-order valence-electron chi connectivity index (χ3n) is 6.02. The number of carbonyl (C=O) groups is 1. The van der Waals surface area contributed by atoms with Gasteiger partial charge < -0.3 is 9.80 Å². The van der Waals surface area contributed by atoms with Gasteiger partial charge in [-0.1, -0.05) is 18.2 Å². The van der Waals surface area contributed by atoms with Crippen LogP contribution in [0.15, 0.2) is 49.2 Å². The highest BCUT2D eigenvalue weighted by atomic mass is 19.1. The summed E-state index contributed by atoms with van der Waals surface area (Å²) in [6, 6.07) is 6.48. The molecule has 0 N–H and O–H groups in total. The van der Waals surface area contributed by atoms with Crippen LogP contribution in [0.2, 0.25) is 0 Å². The van der Waals surface area contributed by atoms with E-state index in [-0.39, 0.29) is 17.6 Å². The lowest BCUT2D eigenvalue weighted by molar-refractivity contribution is -0.135. The molecule has 1 atom stereocenters. The first-order valence-corrected chi connectivity index (χ1v) is 10.6. The van der Waals surface area contributed by atoms with Crippen LogP contribution in [0.4, 0.5) is 10.3 Å². The SMILES string of the molecule is CN(C)c1ncc(-c2cncnc2)c([C@H]2CCN(C(=O)C(C)(C)c3ccccc3F)C2)n1. The molecule has 32 heavy (non-hydrogen) atoms. The first kappa shape index (κ1) is 21.8. The van der Waals surface area contributed by atoms with Gasteiger partial charge >= 0.3 is 0 Å². The number of likely N-dealkylation sites (tertiary alicyclic amines) is 1. The Hall–Kier alpha value is -3.42. The molecule has 0 radical (unpaired) electrons. The van der Waals surface area contributed by atoms with Crippen molar-refractivity contribution in [3.8, 4) is 11.1 Å². The summed E-state index contributed by atoms with van der Waals surface area (Å²) in [5, 5.41) is 0. The standard InChI is InChI=1S/C24H27FN6O/c1-24(2,19-7-5-6-8-20(19)25)22(32)31-10-9-16(14-31)21-18(17-11-26-15-27-12-17)13-28-23(29-21)30(3)4/h5-8,11-13,15-16H,9-10,14H2,1-4H3/t16-/m0/s1. The van der Waals surface area contributed by atoms with E-state index >= 15 is 0 Å². The van der Waals surface area contributed by atoms with E-state index in [9.17, 15) is 9.18 Å². The zero-order valence-electron chi connectivity index (χ0n) is 18.8. The largest absolute Gasteiger partial charge is 0.347 e. The van der Waals surface area contributed by atoms with E-state index < -0.39 is 5.41 Å². The number of amides is 1. The van der Waals surface area contributed by atoms with Crippen LogP contribution >= 0.6 is 0 Å². The predicted octanol–water partition coefficient (Wildman–Crippen LogP) is 3.43. The van der Waals surface area contributed by atoms with Crippen molar-refractivity contribution in [2.75, 3.05) is 32.1 Å². The van der Waals surface area contributed by atoms with Gasteiger partial charge in [-0.3, -0.25) is 4.79 Å². The topological polar surface area (TPSA) is 75.1 Å². The summed E-state index contributed by atoms with van der Waals surface area (Å²) < 4.78 is 14.4. The molecule has 166 valence electrons. The number of carbonyl (C=O) groups excluding carboxylic acids is 1. The first-order chi connectivity index (χ1) is 15.3. The van der Waals surface area contributed by atoms with Gasteiger partial charge in [-0.15, -0.1) is 0 Å². The molecule has 3 heterocycles. The van der Waals surface area contributed by atoms with Gasteiger partial charge in [-0.25, -0.2) is 24.3 Å². The average Bonchev–Trinajstić information content (AvgIpc) is 3.29. The molecule has 2 aromatic heterocycles. The number of hydrogen-bond donors (Lipinski definition) is 0. The van der Waals surface area contributed by atoms with E-state index in [1.54, 1.807) is 50.6 Å². The lowest BCUT2D eigenvalue weighted by atomic mass is 9.83. The fourth-order valence-electron chi connectivity index (χ4n) is 4.22. The van der Waals surface area contributed by atoms with Crippen molar-refractivity contribution < 1.29 is 9.18 Å². The Kier molecular flexibility index (Phi) is 5.86. The monoisotopic (exact) mass is 434 g/mol. The van der Waals surface area contributed by atoms with Gasteiger partial charge in [0.15, 0.2) is 0 Å². The van der Waals surface area contributed by atoms with Crippen molar-refractivity contribution >= 4 is 11.9 Å². The van der Waals surface area contributed by atoms with Crippen LogP contribution in [0.1, 0.15) is 37.4 Å². The molecule has 0 aliphatic carbocycles. The molecule has 8 heteroatoms. The van der Waals surface area contributed by atoms with Crippen LogP contribution in [-0.4, -0.2) is 57.9 Å². The number of aromatic nitrogens is 4. The van der Waals surface area contributed by atoms with Crippen molar-refractivity contribution in [2.24, 2.45) is 0 Å². The third kappa shape index (κ3) is 4.04. The molecule has 0 saturated carbocycles. The molecular formula is C24H27FN6O. The number of rotatable bonds is 5. The van der Waals surface area contributed by atoms with Crippen LogP contribution in [0.5, 0.6) is 0 Å². The molecule has 3 aromatic rings. The summed E-state index contributed by atoms with van der Waals surface area (Å²) in [5.41, 5.74) is 2.02. The molecule has 0 unspecified atom stereocenters. The molecule has 0 spiro atoms. The van der Waals surface area contributed by atoms with Gasteiger partial charge in [0.05, 0.1) is 11.1 Å². The van der Waals surface area contributed by atoms with E-state index in [1.165, 1.54) is 12.4 Å². The van der Waals surface area contributed by atoms with E-state index in [1.807, 2.05) is 23.9 Å². The number of halogens is 1. The Bertz CT molecular complexity index is 1120. The van der Waals surface area contributed by atoms with Crippen LogP contribution < -0.4 is 4.90 Å². The van der Waals surface area contributed by atoms with Crippen molar-refractivity contribution in [1.29, 1.82) is 0 Å². The van der Waals surface area contributed by atoms with Crippen molar-refractivity contribution in [1.82, 2.24) is 24.8 Å².